The van der Waals surface area contributed by atoms with Gasteiger partial charge in [-0.1, -0.05) is 43.0 Å². The normalized spacial score (nSPS) is 27.1. The molecule has 0 aliphatic carbocycles. The Bertz CT molecular complexity index is 1050. The van der Waals surface area contributed by atoms with Crippen molar-refractivity contribution in [3.63, 3.8) is 0 Å². The summed E-state index contributed by atoms with van der Waals surface area (Å²) in [6, 6.07) is 4.22. The van der Waals surface area contributed by atoms with Gasteiger partial charge in [0, 0.05) is 10.3 Å². The Balaban J connectivity index is 1.81. The highest BCUT2D eigenvalue weighted by molar-refractivity contribution is 8.00. The largest absolute Gasteiger partial charge is 0.416 e. The predicted octanol–water partition coefficient (Wildman–Crippen LogP) is 3.79. The van der Waals surface area contributed by atoms with Gasteiger partial charge < -0.3 is 4.98 Å². The first-order valence-electron chi connectivity index (χ1n) is 8.53. The number of hydrogen-bond donors (Lipinski definition) is 1. The molecule has 2 amide bonds. The molecular weight excluding hydrogens is 413 g/mol. The Labute approximate surface area is 165 Å². The van der Waals surface area contributed by atoms with Gasteiger partial charge in [-0.05, 0) is 24.6 Å². The first-order chi connectivity index (χ1) is 13.1. The fraction of sp³-hybridized carbons (Fsp3) is 0.389. The Morgan fingerprint density at radius 3 is 2.57 bits per heavy atom. The maximum atomic E-state index is 13.2. The number of amides is 2. The molecule has 1 saturated heterocycles. The standard InChI is InChI=1S/C18H15F3N2O3S2/c1-3-17(2)10-11(27-13-12(17)28-16(26)22-13)15(25)23(14(10)24)9-6-4-5-8(7-9)18(19,20)21/h4-7,10-11H,3H2,1-2H3,(H,22,26)/t10-,11+,17+/m1/s1. The second-order valence-corrected chi connectivity index (χ2v) is 9.15. The van der Waals surface area contributed by atoms with Crippen LogP contribution in [-0.2, 0) is 21.2 Å². The molecule has 1 aromatic carbocycles. The van der Waals surface area contributed by atoms with E-state index in [0.29, 0.717) is 11.4 Å². The minimum Gasteiger partial charge on any atom is -0.307 e. The lowest BCUT2D eigenvalue weighted by Crippen LogP contribution is -2.43. The van der Waals surface area contributed by atoms with E-state index >= 15 is 0 Å². The van der Waals surface area contributed by atoms with Gasteiger partial charge >= 0.3 is 11.0 Å². The molecule has 3 heterocycles. The van der Waals surface area contributed by atoms with E-state index in [1.807, 2.05) is 13.8 Å². The van der Waals surface area contributed by atoms with Gasteiger partial charge in [-0.15, -0.1) is 0 Å². The molecular formula is C18H15F3N2O3S2. The molecule has 4 rings (SSSR count). The molecule has 0 spiro atoms. The molecule has 1 N–H and O–H groups in total. The highest BCUT2D eigenvalue weighted by Crippen LogP contribution is 2.55. The third kappa shape index (κ3) is 2.65. The van der Waals surface area contributed by atoms with Gasteiger partial charge in [0.1, 0.15) is 5.25 Å². The first kappa shape index (κ1) is 19.3. The smallest absolute Gasteiger partial charge is 0.307 e. The predicted molar refractivity (Wildman–Crippen MR) is 99.7 cm³/mol. The van der Waals surface area contributed by atoms with Crippen LogP contribution >= 0.6 is 23.1 Å². The Morgan fingerprint density at radius 2 is 1.93 bits per heavy atom. The van der Waals surface area contributed by atoms with Crippen molar-refractivity contribution < 1.29 is 22.8 Å². The Kier molecular flexibility index (Phi) is 4.27. The zero-order valence-corrected chi connectivity index (χ0v) is 16.4. The first-order valence-corrected chi connectivity index (χ1v) is 10.2. The number of nitrogens with zero attached hydrogens (tertiary/aromatic N) is 1. The van der Waals surface area contributed by atoms with Gasteiger partial charge in [0.2, 0.25) is 11.8 Å². The number of aromatic nitrogens is 1. The number of fused-ring (bicyclic) bond motifs is 2. The minimum atomic E-state index is -4.58. The molecule has 5 nitrogen and oxygen atoms in total. The van der Waals surface area contributed by atoms with E-state index < -0.39 is 40.1 Å². The van der Waals surface area contributed by atoms with Crippen LogP contribution in [0.5, 0.6) is 0 Å². The molecule has 2 aliphatic heterocycles. The average molecular weight is 428 g/mol. The van der Waals surface area contributed by atoms with Gasteiger partial charge in [0.25, 0.3) is 0 Å². The number of nitrogens with one attached hydrogen (secondary N) is 1. The van der Waals surface area contributed by atoms with E-state index in [2.05, 4.69) is 4.98 Å². The van der Waals surface area contributed by atoms with Crippen LogP contribution in [0.25, 0.3) is 0 Å². The SMILES string of the molecule is CC[C@]1(C)c2sc(=O)[nH]c2S[C@@H]2C(=O)N(c3cccc(C(F)(F)F)c3)C(=O)[C@@H]21. The van der Waals surface area contributed by atoms with Crippen molar-refractivity contribution in [1.82, 2.24) is 4.98 Å². The summed E-state index contributed by atoms with van der Waals surface area (Å²) < 4.78 is 39.2. The van der Waals surface area contributed by atoms with E-state index in [0.717, 1.165) is 45.0 Å². The van der Waals surface area contributed by atoms with Crippen molar-refractivity contribution in [3.05, 3.63) is 44.4 Å². The number of H-pyrrole nitrogens is 1. The monoisotopic (exact) mass is 428 g/mol. The Hall–Kier alpha value is -2.07. The summed E-state index contributed by atoms with van der Waals surface area (Å²) in [5.41, 5.74) is -1.76. The molecule has 148 valence electrons. The minimum absolute atomic E-state index is 0.0878. The molecule has 2 aliphatic rings. The number of alkyl halides is 3. The number of benzene rings is 1. The van der Waals surface area contributed by atoms with Gasteiger partial charge in [-0.25, -0.2) is 4.90 Å². The van der Waals surface area contributed by atoms with Crippen molar-refractivity contribution >= 4 is 40.6 Å². The number of anilines is 1. The number of rotatable bonds is 2. The third-order valence-electron chi connectivity index (χ3n) is 5.49. The van der Waals surface area contributed by atoms with Crippen LogP contribution in [-0.4, -0.2) is 22.0 Å². The fourth-order valence-electron chi connectivity index (χ4n) is 3.87. The van der Waals surface area contributed by atoms with Crippen molar-refractivity contribution in [2.45, 2.75) is 42.1 Å². The number of hydrogen-bond acceptors (Lipinski definition) is 5. The van der Waals surface area contributed by atoms with Crippen LogP contribution in [0.15, 0.2) is 34.1 Å². The van der Waals surface area contributed by atoms with Gasteiger partial charge in [0.15, 0.2) is 0 Å². The highest BCUT2D eigenvalue weighted by Gasteiger charge is 2.60. The third-order valence-corrected chi connectivity index (χ3v) is 8.05. The molecule has 0 radical (unpaired) electrons. The topological polar surface area (TPSA) is 70.2 Å². The van der Waals surface area contributed by atoms with E-state index in [1.54, 1.807) is 0 Å². The second-order valence-electron chi connectivity index (χ2n) is 7.02. The number of carbonyl (C=O) groups excluding carboxylic acids is 2. The van der Waals surface area contributed by atoms with Crippen LogP contribution in [0.4, 0.5) is 18.9 Å². The maximum Gasteiger partial charge on any atom is 0.416 e. The number of aromatic amines is 1. The zero-order chi connectivity index (χ0) is 20.4. The molecule has 10 heteroatoms. The molecule has 3 atom stereocenters. The maximum absolute atomic E-state index is 13.2. The fourth-order valence-corrected chi connectivity index (χ4v) is 6.69. The summed E-state index contributed by atoms with van der Waals surface area (Å²) in [6.07, 6.45) is -4.07. The lowest BCUT2D eigenvalue weighted by molar-refractivity contribution is -0.137. The second kappa shape index (κ2) is 6.21. The summed E-state index contributed by atoms with van der Waals surface area (Å²) >= 11 is 2.12. The quantitative estimate of drug-likeness (QED) is 0.739. The van der Waals surface area contributed by atoms with Crippen molar-refractivity contribution in [3.8, 4) is 0 Å². The van der Waals surface area contributed by atoms with Crippen LogP contribution in [0.1, 0.15) is 30.7 Å². The molecule has 0 unspecified atom stereocenters. The molecule has 1 aromatic heterocycles. The van der Waals surface area contributed by atoms with E-state index in [9.17, 15) is 27.6 Å². The molecule has 0 bridgehead atoms. The molecule has 1 fully saturated rings. The van der Waals surface area contributed by atoms with Crippen LogP contribution in [0.3, 0.4) is 0 Å². The van der Waals surface area contributed by atoms with Gasteiger partial charge in [0.05, 0.1) is 22.2 Å². The summed E-state index contributed by atoms with van der Waals surface area (Å²) in [7, 11) is 0. The average Bonchev–Trinajstić information content (AvgIpc) is 3.13. The molecule has 2 aromatic rings. The molecule has 0 saturated carbocycles. The van der Waals surface area contributed by atoms with Gasteiger partial charge in [-0.2, -0.15) is 13.2 Å². The zero-order valence-electron chi connectivity index (χ0n) is 14.8. The lowest BCUT2D eigenvalue weighted by Gasteiger charge is -2.38. The summed E-state index contributed by atoms with van der Waals surface area (Å²) in [5.74, 6) is -1.84. The van der Waals surface area contributed by atoms with Crippen molar-refractivity contribution in [2.24, 2.45) is 5.92 Å². The highest BCUT2D eigenvalue weighted by atomic mass is 32.2. The molecule has 28 heavy (non-hydrogen) atoms. The van der Waals surface area contributed by atoms with Crippen LogP contribution in [0.2, 0.25) is 0 Å². The van der Waals surface area contributed by atoms with E-state index in [-0.39, 0.29) is 10.6 Å². The summed E-state index contributed by atoms with van der Waals surface area (Å²) in [4.78, 5) is 42.1. The van der Waals surface area contributed by atoms with Crippen LogP contribution in [0, 0.1) is 5.92 Å². The van der Waals surface area contributed by atoms with Gasteiger partial charge in [-0.3, -0.25) is 14.4 Å². The summed E-state index contributed by atoms with van der Waals surface area (Å²) in [5, 5.41) is -0.225. The van der Waals surface area contributed by atoms with E-state index in [4.69, 9.17) is 0 Å². The van der Waals surface area contributed by atoms with Crippen molar-refractivity contribution in [2.75, 3.05) is 4.90 Å². The number of imide groups is 1. The number of thiazole rings is 1. The number of carbonyl (C=O) groups is 2. The number of thioether (sulfide) groups is 1. The summed E-state index contributed by atoms with van der Waals surface area (Å²) in [6.45, 7) is 3.69. The van der Waals surface area contributed by atoms with Crippen molar-refractivity contribution in [1.29, 1.82) is 0 Å². The number of halogens is 3. The van der Waals surface area contributed by atoms with Crippen LogP contribution < -0.4 is 9.77 Å². The Morgan fingerprint density at radius 1 is 1.21 bits per heavy atom. The van der Waals surface area contributed by atoms with E-state index in [1.165, 1.54) is 12.1 Å². The lowest BCUT2D eigenvalue weighted by atomic mass is 9.72.